The van der Waals surface area contributed by atoms with E-state index in [-0.39, 0.29) is 11.9 Å². The third-order valence-corrected chi connectivity index (χ3v) is 4.90. The quantitative estimate of drug-likeness (QED) is 0.844. The van der Waals surface area contributed by atoms with E-state index >= 15 is 0 Å². The van der Waals surface area contributed by atoms with Gasteiger partial charge >= 0.3 is 0 Å². The third kappa shape index (κ3) is 2.86. The highest BCUT2D eigenvalue weighted by Gasteiger charge is 2.32. The number of rotatable bonds is 2. The van der Waals surface area contributed by atoms with Crippen molar-refractivity contribution in [2.24, 2.45) is 5.41 Å². The molecule has 1 amide bonds. The number of nitrogens with one attached hydrogen (secondary N) is 1. The van der Waals surface area contributed by atoms with E-state index in [1.807, 2.05) is 25.1 Å². The third-order valence-electron chi connectivity index (χ3n) is 4.41. The molecule has 1 N–H and O–H groups in total. The Hall–Kier alpha value is -1.29. The van der Waals surface area contributed by atoms with E-state index in [2.05, 4.69) is 35.1 Å². The molecule has 1 aromatic carbocycles. The van der Waals surface area contributed by atoms with Crippen LogP contribution in [0.1, 0.15) is 49.2 Å². The molecule has 0 radical (unpaired) electrons. The second-order valence-corrected chi connectivity index (χ2v) is 7.69. The van der Waals surface area contributed by atoms with Crippen molar-refractivity contribution in [3.05, 3.63) is 34.0 Å². The van der Waals surface area contributed by atoms with Crippen molar-refractivity contribution in [3.63, 3.8) is 0 Å². The van der Waals surface area contributed by atoms with Crippen LogP contribution < -0.4 is 5.32 Å². The molecule has 3 nitrogen and oxygen atoms in total. The summed E-state index contributed by atoms with van der Waals surface area (Å²) < 4.78 is 6.73. The smallest absolute Gasteiger partial charge is 0.287 e. The molecule has 1 unspecified atom stereocenters. The summed E-state index contributed by atoms with van der Waals surface area (Å²) in [5.41, 5.74) is 1.99. The molecule has 0 bridgehead atoms. The number of aryl methyl sites for hydroxylation is 1. The van der Waals surface area contributed by atoms with E-state index in [9.17, 15) is 4.79 Å². The molecule has 3 rings (SSSR count). The van der Waals surface area contributed by atoms with Gasteiger partial charge < -0.3 is 9.73 Å². The van der Waals surface area contributed by atoms with Crippen LogP contribution in [-0.2, 0) is 0 Å². The lowest BCUT2D eigenvalue weighted by atomic mass is 9.92. The predicted octanol–water partition coefficient (Wildman–Crippen LogP) is 4.81. The number of carbonyl (C=O) groups excluding carboxylic acids is 1. The highest BCUT2D eigenvalue weighted by molar-refractivity contribution is 9.10. The fourth-order valence-corrected chi connectivity index (χ4v) is 3.58. The topological polar surface area (TPSA) is 42.2 Å². The molecule has 0 aliphatic heterocycles. The van der Waals surface area contributed by atoms with Crippen molar-refractivity contribution in [2.45, 2.75) is 46.1 Å². The van der Waals surface area contributed by atoms with E-state index in [0.717, 1.165) is 40.3 Å². The summed E-state index contributed by atoms with van der Waals surface area (Å²) >= 11 is 3.45. The van der Waals surface area contributed by atoms with Gasteiger partial charge in [0.2, 0.25) is 0 Å². The number of fused-ring (bicyclic) bond motifs is 1. The normalized spacial score (nSPS) is 20.9. The van der Waals surface area contributed by atoms with Crippen molar-refractivity contribution >= 4 is 32.8 Å². The molecule has 1 saturated carbocycles. The van der Waals surface area contributed by atoms with Crippen LogP contribution in [0, 0.1) is 12.3 Å². The van der Waals surface area contributed by atoms with Crippen molar-refractivity contribution in [2.75, 3.05) is 0 Å². The lowest BCUT2D eigenvalue weighted by Crippen LogP contribution is -2.33. The van der Waals surface area contributed by atoms with Crippen LogP contribution in [0.25, 0.3) is 11.0 Å². The standard InChI is InChI=1S/C17H20BrNO2/c1-10-13-8-11(18)4-5-14(13)21-15(10)16(20)19-12-6-7-17(2,3)9-12/h4-5,8,12H,6-7,9H2,1-3H3,(H,19,20). The lowest BCUT2D eigenvalue weighted by Gasteiger charge is -2.17. The summed E-state index contributed by atoms with van der Waals surface area (Å²) in [4.78, 5) is 12.5. The molecule has 1 fully saturated rings. The van der Waals surface area contributed by atoms with Gasteiger partial charge in [0.1, 0.15) is 5.58 Å². The minimum atomic E-state index is -0.0949. The number of halogens is 1. The summed E-state index contributed by atoms with van der Waals surface area (Å²) in [6.45, 7) is 6.44. The first-order valence-corrected chi connectivity index (χ1v) is 8.14. The minimum absolute atomic E-state index is 0.0949. The van der Waals surface area contributed by atoms with E-state index in [1.54, 1.807) is 0 Å². The maximum Gasteiger partial charge on any atom is 0.287 e. The number of benzene rings is 1. The Morgan fingerprint density at radius 3 is 2.86 bits per heavy atom. The van der Waals surface area contributed by atoms with Gasteiger partial charge in [-0.2, -0.15) is 0 Å². The van der Waals surface area contributed by atoms with E-state index < -0.39 is 0 Å². The molecule has 2 aromatic rings. The van der Waals surface area contributed by atoms with Crippen LogP contribution in [0.15, 0.2) is 27.1 Å². The Labute approximate surface area is 133 Å². The monoisotopic (exact) mass is 349 g/mol. The molecule has 1 heterocycles. The zero-order chi connectivity index (χ0) is 15.2. The van der Waals surface area contributed by atoms with Crippen molar-refractivity contribution < 1.29 is 9.21 Å². The number of carbonyl (C=O) groups is 1. The van der Waals surface area contributed by atoms with E-state index in [0.29, 0.717) is 11.2 Å². The van der Waals surface area contributed by atoms with Gasteiger partial charge in [0, 0.05) is 21.5 Å². The minimum Gasteiger partial charge on any atom is -0.451 e. The molecule has 1 aliphatic rings. The zero-order valence-electron chi connectivity index (χ0n) is 12.6. The van der Waals surface area contributed by atoms with Crippen LogP contribution in [-0.4, -0.2) is 11.9 Å². The largest absolute Gasteiger partial charge is 0.451 e. The maximum atomic E-state index is 12.5. The Balaban J connectivity index is 1.83. The van der Waals surface area contributed by atoms with Crippen molar-refractivity contribution in [3.8, 4) is 0 Å². The fraction of sp³-hybridized carbons (Fsp3) is 0.471. The number of hydrogen-bond acceptors (Lipinski definition) is 2. The van der Waals surface area contributed by atoms with Gasteiger partial charge in [0.25, 0.3) is 5.91 Å². The lowest BCUT2D eigenvalue weighted by molar-refractivity contribution is 0.0909. The number of amides is 1. The summed E-state index contributed by atoms with van der Waals surface area (Å²) in [6.07, 6.45) is 3.23. The van der Waals surface area contributed by atoms with Crippen LogP contribution in [0.5, 0.6) is 0 Å². The Morgan fingerprint density at radius 2 is 2.19 bits per heavy atom. The predicted molar refractivity (Wildman–Crippen MR) is 87.5 cm³/mol. The van der Waals surface area contributed by atoms with Crippen LogP contribution in [0.3, 0.4) is 0 Å². The maximum absolute atomic E-state index is 12.5. The first-order chi connectivity index (χ1) is 9.85. The Kier molecular flexibility index (Phi) is 3.60. The first-order valence-electron chi connectivity index (χ1n) is 7.35. The Morgan fingerprint density at radius 1 is 1.43 bits per heavy atom. The van der Waals surface area contributed by atoms with Gasteiger partial charge in [-0.3, -0.25) is 4.79 Å². The average molecular weight is 350 g/mol. The molecule has 112 valence electrons. The second-order valence-electron chi connectivity index (χ2n) is 6.77. The highest BCUT2D eigenvalue weighted by atomic mass is 79.9. The molecule has 0 saturated heterocycles. The molecule has 21 heavy (non-hydrogen) atoms. The SMILES string of the molecule is Cc1c(C(=O)NC2CCC(C)(C)C2)oc2ccc(Br)cc12. The first kappa shape index (κ1) is 14.6. The van der Waals surface area contributed by atoms with Crippen LogP contribution >= 0.6 is 15.9 Å². The molecular weight excluding hydrogens is 330 g/mol. The van der Waals surface area contributed by atoms with E-state index in [4.69, 9.17) is 4.42 Å². The summed E-state index contributed by atoms with van der Waals surface area (Å²) in [7, 11) is 0. The number of furan rings is 1. The fourth-order valence-electron chi connectivity index (χ4n) is 3.22. The summed E-state index contributed by atoms with van der Waals surface area (Å²) in [5.74, 6) is 0.343. The summed E-state index contributed by atoms with van der Waals surface area (Å²) in [6, 6.07) is 6.06. The highest BCUT2D eigenvalue weighted by Crippen LogP contribution is 2.37. The Bertz CT molecular complexity index is 702. The molecule has 4 heteroatoms. The number of hydrogen-bond donors (Lipinski definition) is 1. The average Bonchev–Trinajstić information content (AvgIpc) is 2.90. The van der Waals surface area contributed by atoms with Gasteiger partial charge in [-0.05, 0) is 49.8 Å². The summed E-state index contributed by atoms with van der Waals surface area (Å²) in [5, 5.41) is 4.11. The van der Waals surface area contributed by atoms with E-state index in [1.165, 1.54) is 0 Å². The van der Waals surface area contributed by atoms with Crippen molar-refractivity contribution in [1.82, 2.24) is 5.32 Å². The zero-order valence-corrected chi connectivity index (χ0v) is 14.2. The second kappa shape index (κ2) is 5.16. The van der Waals surface area contributed by atoms with Gasteiger partial charge in [-0.15, -0.1) is 0 Å². The molecule has 0 spiro atoms. The molecule has 1 atom stereocenters. The van der Waals surface area contributed by atoms with Gasteiger partial charge in [0.05, 0.1) is 0 Å². The molecular formula is C17H20BrNO2. The molecule has 1 aromatic heterocycles. The van der Waals surface area contributed by atoms with Gasteiger partial charge in [0.15, 0.2) is 5.76 Å². The molecule has 1 aliphatic carbocycles. The van der Waals surface area contributed by atoms with Gasteiger partial charge in [-0.25, -0.2) is 0 Å². The van der Waals surface area contributed by atoms with Gasteiger partial charge in [-0.1, -0.05) is 29.8 Å². The van der Waals surface area contributed by atoms with Crippen molar-refractivity contribution in [1.29, 1.82) is 0 Å². The van der Waals surface area contributed by atoms with Crippen LogP contribution in [0.2, 0.25) is 0 Å². The van der Waals surface area contributed by atoms with Crippen LogP contribution in [0.4, 0.5) is 0 Å².